The number of para-hydroxylation sites is 3. The molecule has 0 atom stereocenters. The van der Waals surface area contributed by atoms with E-state index in [4.69, 9.17) is 9.47 Å². The summed E-state index contributed by atoms with van der Waals surface area (Å²) in [5, 5.41) is 7.24. The molecule has 7 aliphatic rings. The molecule has 6 heterocycles. The second-order valence-electron chi connectivity index (χ2n) is 20.1. The normalized spacial score (nSPS) is 18.8. The zero-order chi connectivity index (χ0) is 40.7. The highest BCUT2D eigenvalue weighted by molar-refractivity contribution is 7.13. The smallest absolute Gasteiger partial charge is 0.260 e. The highest BCUT2D eigenvalue weighted by atomic mass is 28.3. The van der Waals surface area contributed by atoms with Crippen molar-refractivity contribution in [1.82, 2.24) is 0 Å². The van der Waals surface area contributed by atoms with Crippen LogP contribution in [0.3, 0.4) is 0 Å². The fraction of sp³-hybridized carbons (Fsp3) is 0.208. The summed E-state index contributed by atoms with van der Waals surface area (Å²) < 4.78 is 14.5. The molecule has 0 saturated heterocycles. The topological polar surface area (TPSA) is 24.9 Å². The van der Waals surface area contributed by atoms with Crippen LogP contribution in [-0.4, -0.2) is 22.9 Å². The molecule has 14 rings (SSSR count). The average molecular weight is 811 g/mol. The van der Waals surface area contributed by atoms with Gasteiger partial charge < -0.3 is 19.3 Å². The Balaban J connectivity index is 1.18. The van der Waals surface area contributed by atoms with E-state index in [1.54, 1.807) is 0 Å². The van der Waals surface area contributed by atoms with Gasteiger partial charge in [-0.05, 0) is 133 Å². The van der Waals surface area contributed by atoms with E-state index < -0.39 is 16.1 Å². The molecule has 4 nitrogen and oxygen atoms in total. The number of anilines is 6. The zero-order valence-electron chi connectivity index (χ0n) is 35.4. The van der Waals surface area contributed by atoms with Gasteiger partial charge in [-0.3, -0.25) is 0 Å². The van der Waals surface area contributed by atoms with Crippen LogP contribution in [-0.2, 0) is 10.8 Å². The summed E-state index contributed by atoms with van der Waals surface area (Å²) in [5.74, 6) is 3.78. The van der Waals surface area contributed by atoms with E-state index >= 15 is 0 Å². The number of fused-ring (bicyclic) bond motifs is 3. The standard InChI is InChI=1S/C53H47BN2O2Si2/c1-52(2)26-27-53(3,4)49-35(52)31-44-50-51(49)58-43-24-21-33-29-37(43)54(50)36-28-32(20-23-42(36)57-44)55-39-15-9-12-18-47(39)60(7,48-19-13-10-16-40(48)55)34-22-25-46-41(30-34)56(33)38-14-8-11-17-45(38)59(46,5)6/h8-25,28-31H,26-27H2,1-7H3. The van der Waals surface area contributed by atoms with E-state index in [1.807, 2.05) is 0 Å². The maximum Gasteiger partial charge on any atom is 0.260 e. The van der Waals surface area contributed by atoms with Gasteiger partial charge in [0.1, 0.15) is 31.1 Å². The number of rotatable bonds is 0. The highest BCUT2D eigenvalue weighted by Gasteiger charge is 2.50. The maximum atomic E-state index is 7.35. The molecule has 1 aliphatic carbocycles. The fourth-order valence-electron chi connectivity index (χ4n) is 12.3. The van der Waals surface area contributed by atoms with Crippen molar-refractivity contribution in [1.29, 1.82) is 0 Å². The molecule has 6 aliphatic heterocycles. The van der Waals surface area contributed by atoms with Gasteiger partial charge in [0, 0.05) is 45.2 Å². The van der Waals surface area contributed by atoms with Crippen LogP contribution in [0.15, 0.2) is 133 Å². The summed E-state index contributed by atoms with van der Waals surface area (Å²) in [6.45, 7) is 17.2. The van der Waals surface area contributed by atoms with Gasteiger partial charge in [0.25, 0.3) is 6.71 Å². The Morgan fingerprint density at radius 2 is 1.05 bits per heavy atom. The quantitative estimate of drug-likeness (QED) is 0.144. The molecule has 0 radical (unpaired) electrons. The molecule has 8 bridgehead atoms. The average Bonchev–Trinajstić information content (AvgIpc) is 3.25. The van der Waals surface area contributed by atoms with Crippen molar-refractivity contribution < 1.29 is 9.47 Å². The van der Waals surface area contributed by atoms with Gasteiger partial charge in [-0.1, -0.05) is 114 Å². The number of ether oxygens (including phenoxy) is 2. The van der Waals surface area contributed by atoms with Gasteiger partial charge in [-0.2, -0.15) is 0 Å². The number of benzene rings is 7. The lowest BCUT2D eigenvalue weighted by Gasteiger charge is -2.46. The van der Waals surface area contributed by atoms with Gasteiger partial charge in [0.05, 0.1) is 0 Å². The third-order valence-electron chi connectivity index (χ3n) is 15.6. The monoisotopic (exact) mass is 810 g/mol. The first-order chi connectivity index (χ1) is 28.9. The largest absolute Gasteiger partial charge is 0.458 e. The SMILES string of the molecule is CC1(C)CCC(C)(C)c2c1cc1c3c2Oc2ccc4cc2B3c2cc(ccc2O1)N1c2ccccc2[Si](C)(c2ccc3c(c2)N4c2ccccc2[Si]3(C)C)c2ccccc21. The first-order valence-corrected chi connectivity index (χ1v) is 27.3. The molecule has 292 valence electrons. The summed E-state index contributed by atoms with van der Waals surface area (Å²) in [6, 6.07) is 51.6. The minimum atomic E-state index is -2.56. The molecule has 0 fully saturated rings. The summed E-state index contributed by atoms with van der Waals surface area (Å²) in [5.41, 5.74) is 13.6. The van der Waals surface area contributed by atoms with Crippen LogP contribution in [0.5, 0.6) is 23.0 Å². The highest BCUT2D eigenvalue weighted by Crippen LogP contribution is 2.53. The van der Waals surface area contributed by atoms with E-state index in [9.17, 15) is 0 Å². The van der Waals surface area contributed by atoms with E-state index in [2.05, 4.69) is 191 Å². The Bertz CT molecular complexity index is 3050. The first-order valence-electron chi connectivity index (χ1n) is 21.8. The van der Waals surface area contributed by atoms with Crippen molar-refractivity contribution in [2.24, 2.45) is 0 Å². The molecule has 60 heavy (non-hydrogen) atoms. The number of nitrogens with zero attached hydrogens (tertiary/aromatic N) is 2. The zero-order valence-corrected chi connectivity index (χ0v) is 37.4. The van der Waals surface area contributed by atoms with Crippen LogP contribution in [0.1, 0.15) is 51.7 Å². The van der Waals surface area contributed by atoms with Gasteiger partial charge in [0.15, 0.2) is 8.07 Å². The molecule has 7 aromatic rings. The van der Waals surface area contributed by atoms with Gasteiger partial charge in [-0.25, -0.2) is 0 Å². The van der Waals surface area contributed by atoms with Crippen molar-refractivity contribution >= 4 is 99.3 Å². The lowest BCUT2D eigenvalue weighted by atomic mass is 9.34. The van der Waals surface area contributed by atoms with Crippen LogP contribution in [0.25, 0.3) is 0 Å². The molecule has 0 saturated carbocycles. The number of hydrogen-bond donors (Lipinski definition) is 0. The molecular formula is C53H47BN2O2Si2. The first kappa shape index (κ1) is 35.0. The van der Waals surface area contributed by atoms with E-state index in [0.29, 0.717) is 0 Å². The molecule has 0 unspecified atom stereocenters. The summed E-state index contributed by atoms with van der Waals surface area (Å²) in [7, 11) is -4.67. The predicted octanol–water partition coefficient (Wildman–Crippen LogP) is 8.57. The van der Waals surface area contributed by atoms with Crippen molar-refractivity contribution in [3.05, 3.63) is 145 Å². The van der Waals surface area contributed by atoms with Gasteiger partial charge in [0.2, 0.25) is 0 Å². The van der Waals surface area contributed by atoms with Crippen molar-refractivity contribution in [2.75, 3.05) is 9.80 Å². The molecule has 7 heteroatoms. The van der Waals surface area contributed by atoms with Crippen LogP contribution in [0.4, 0.5) is 34.1 Å². The lowest BCUT2D eigenvalue weighted by molar-refractivity contribution is 0.318. The Morgan fingerprint density at radius 3 is 1.70 bits per heavy atom. The molecule has 7 aromatic carbocycles. The fourth-order valence-corrected chi connectivity index (χ4v) is 19.2. The lowest BCUT2D eigenvalue weighted by Crippen LogP contribution is -2.69. The Labute approximate surface area is 355 Å². The van der Waals surface area contributed by atoms with Crippen LogP contribution in [0, 0.1) is 0 Å². The maximum absolute atomic E-state index is 7.35. The molecular weight excluding hydrogens is 764 g/mol. The van der Waals surface area contributed by atoms with Crippen LogP contribution >= 0.6 is 0 Å². The molecule has 0 spiro atoms. The van der Waals surface area contributed by atoms with E-state index in [-0.39, 0.29) is 17.5 Å². The Morgan fingerprint density at radius 1 is 0.517 bits per heavy atom. The summed E-state index contributed by atoms with van der Waals surface area (Å²) >= 11 is 0. The molecule has 0 N–H and O–H groups in total. The number of hydrogen-bond acceptors (Lipinski definition) is 4. The van der Waals surface area contributed by atoms with Crippen molar-refractivity contribution in [3.63, 3.8) is 0 Å². The minimum Gasteiger partial charge on any atom is -0.458 e. The summed E-state index contributed by atoms with van der Waals surface area (Å²) in [6.07, 6.45) is 2.22. The Kier molecular flexibility index (Phi) is 6.62. The molecule has 0 amide bonds. The third-order valence-corrected chi connectivity index (χ3v) is 23.6. The van der Waals surface area contributed by atoms with Gasteiger partial charge in [-0.15, -0.1) is 0 Å². The third kappa shape index (κ3) is 4.27. The molecule has 0 aromatic heterocycles. The van der Waals surface area contributed by atoms with Gasteiger partial charge >= 0.3 is 0 Å². The predicted molar refractivity (Wildman–Crippen MR) is 256 cm³/mol. The van der Waals surface area contributed by atoms with E-state index in [1.165, 1.54) is 70.7 Å². The minimum absolute atomic E-state index is 0.00299. The van der Waals surface area contributed by atoms with Crippen molar-refractivity contribution in [2.45, 2.75) is 71.0 Å². The van der Waals surface area contributed by atoms with E-state index in [0.717, 1.165) is 52.7 Å². The Hall–Kier alpha value is -5.76. The second kappa shape index (κ2) is 11.3. The summed E-state index contributed by atoms with van der Waals surface area (Å²) in [4.78, 5) is 5.12. The second-order valence-corrected chi connectivity index (χ2v) is 28.3. The van der Waals surface area contributed by atoms with Crippen LogP contribution in [0.2, 0.25) is 19.6 Å². The van der Waals surface area contributed by atoms with Crippen LogP contribution < -0.4 is 61.6 Å². The van der Waals surface area contributed by atoms with Crippen molar-refractivity contribution in [3.8, 4) is 23.0 Å².